The third-order valence-electron chi connectivity index (χ3n) is 2.99. The van der Waals surface area contributed by atoms with Crippen LogP contribution in [-0.2, 0) is 10.0 Å². The zero-order valence-corrected chi connectivity index (χ0v) is 12.9. The van der Waals surface area contributed by atoms with Crippen molar-refractivity contribution in [2.75, 3.05) is 0 Å². The zero-order chi connectivity index (χ0) is 14.3. The predicted octanol–water partition coefficient (Wildman–Crippen LogP) is 2.74. The number of hydrogen-bond donors (Lipinski definition) is 0. The first-order chi connectivity index (χ1) is 9.51. The lowest BCUT2D eigenvalue weighted by molar-refractivity contribution is 0.588. The fourth-order valence-corrected chi connectivity index (χ4v) is 4.34. The summed E-state index contributed by atoms with van der Waals surface area (Å²) in [5.41, 5.74) is 1.10. The van der Waals surface area contributed by atoms with E-state index in [0.29, 0.717) is 15.6 Å². The van der Waals surface area contributed by atoms with E-state index in [0.717, 1.165) is 5.69 Å². The van der Waals surface area contributed by atoms with E-state index in [4.69, 9.17) is 0 Å². The fraction of sp³-hybridized carbons (Fsp3) is 0.0769. The lowest BCUT2D eigenvalue weighted by Gasteiger charge is -2.08. The van der Waals surface area contributed by atoms with Gasteiger partial charge in [0.15, 0.2) is 5.65 Å². The number of hydrogen-bond acceptors (Lipinski definition) is 4. The van der Waals surface area contributed by atoms with Gasteiger partial charge >= 0.3 is 0 Å². The standard InChI is InChI=1S/C13H10BrN3O2S/c1-9-11-7-12(14)17(13(11)16-8-15-9)20(18,19)10-5-3-2-4-6-10/h2-8H,1H3. The van der Waals surface area contributed by atoms with Gasteiger partial charge in [0, 0.05) is 5.39 Å². The first kappa shape index (κ1) is 13.3. The van der Waals surface area contributed by atoms with Crippen LogP contribution in [0.4, 0.5) is 0 Å². The van der Waals surface area contributed by atoms with Crippen LogP contribution in [0.5, 0.6) is 0 Å². The maximum Gasteiger partial charge on any atom is 0.270 e. The summed E-state index contributed by atoms with van der Waals surface area (Å²) in [5, 5.41) is 0.707. The maximum atomic E-state index is 12.7. The van der Waals surface area contributed by atoms with Gasteiger partial charge in [-0.05, 0) is 41.1 Å². The van der Waals surface area contributed by atoms with Crippen molar-refractivity contribution in [3.63, 3.8) is 0 Å². The van der Waals surface area contributed by atoms with Crippen molar-refractivity contribution in [1.82, 2.24) is 13.9 Å². The van der Waals surface area contributed by atoms with Gasteiger partial charge in [-0.3, -0.25) is 0 Å². The summed E-state index contributed by atoms with van der Waals surface area (Å²) >= 11 is 3.29. The van der Waals surface area contributed by atoms with Crippen LogP contribution in [0.2, 0.25) is 0 Å². The van der Waals surface area contributed by atoms with E-state index in [2.05, 4.69) is 25.9 Å². The molecule has 0 unspecified atom stereocenters. The fourth-order valence-electron chi connectivity index (χ4n) is 2.01. The topological polar surface area (TPSA) is 64.8 Å². The van der Waals surface area contributed by atoms with Gasteiger partial charge in [-0.25, -0.2) is 22.4 Å². The molecule has 0 amide bonds. The minimum Gasteiger partial charge on any atom is -0.241 e. The van der Waals surface area contributed by atoms with Crippen molar-refractivity contribution in [1.29, 1.82) is 0 Å². The molecule has 3 rings (SSSR count). The third-order valence-corrected chi connectivity index (χ3v) is 5.53. The Morgan fingerprint density at radius 2 is 1.85 bits per heavy atom. The van der Waals surface area contributed by atoms with Crippen molar-refractivity contribution in [2.24, 2.45) is 0 Å². The molecule has 20 heavy (non-hydrogen) atoms. The highest BCUT2D eigenvalue weighted by Gasteiger charge is 2.23. The second kappa shape index (κ2) is 4.68. The first-order valence-electron chi connectivity index (χ1n) is 5.81. The molecule has 0 N–H and O–H groups in total. The number of fused-ring (bicyclic) bond motifs is 1. The van der Waals surface area contributed by atoms with Crippen molar-refractivity contribution < 1.29 is 8.42 Å². The molecular formula is C13H10BrN3O2S. The lowest BCUT2D eigenvalue weighted by Crippen LogP contribution is -2.13. The van der Waals surface area contributed by atoms with Crippen LogP contribution in [0.25, 0.3) is 11.0 Å². The van der Waals surface area contributed by atoms with Crippen LogP contribution < -0.4 is 0 Å². The Bertz CT molecular complexity index is 889. The van der Waals surface area contributed by atoms with Gasteiger partial charge in [0.1, 0.15) is 10.9 Å². The predicted molar refractivity (Wildman–Crippen MR) is 79.0 cm³/mol. The van der Waals surface area contributed by atoms with Gasteiger partial charge in [-0.15, -0.1) is 0 Å². The number of benzene rings is 1. The van der Waals surface area contributed by atoms with Gasteiger partial charge in [0.05, 0.1) is 10.6 Å². The van der Waals surface area contributed by atoms with Crippen LogP contribution in [-0.4, -0.2) is 22.4 Å². The van der Waals surface area contributed by atoms with Crippen LogP contribution in [0.15, 0.2) is 52.2 Å². The quantitative estimate of drug-likeness (QED) is 0.711. The molecule has 0 aliphatic rings. The highest BCUT2D eigenvalue weighted by Crippen LogP contribution is 2.28. The Morgan fingerprint density at radius 3 is 2.55 bits per heavy atom. The van der Waals surface area contributed by atoms with Gasteiger partial charge in [0.25, 0.3) is 10.0 Å². The molecule has 0 saturated heterocycles. The molecule has 0 aliphatic carbocycles. The van der Waals surface area contributed by atoms with Gasteiger partial charge < -0.3 is 0 Å². The molecule has 0 radical (unpaired) electrons. The molecule has 2 heterocycles. The number of halogens is 1. The van der Waals surface area contributed by atoms with Crippen LogP contribution in [0.3, 0.4) is 0 Å². The molecule has 0 atom stereocenters. The van der Waals surface area contributed by atoms with Crippen molar-refractivity contribution in [3.05, 3.63) is 53.0 Å². The summed E-state index contributed by atoms with van der Waals surface area (Å²) in [6, 6.07) is 9.97. The zero-order valence-electron chi connectivity index (χ0n) is 10.5. The molecule has 0 spiro atoms. The second-order valence-corrected chi connectivity index (χ2v) is 6.85. The van der Waals surface area contributed by atoms with E-state index < -0.39 is 10.0 Å². The van der Waals surface area contributed by atoms with Gasteiger partial charge in [-0.1, -0.05) is 18.2 Å². The van der Waals surface area contributed by atoms with Gasteiger partial charge in [0.2, 0.25) is 0 Å². The van der Waals surface area contributed by atoms with E-state index in [1.54, 1.807) is 36.4 Å². The Morgan fingerprint density at radius 1 is 1.15 bits per heavy atom. The summed E-state index contributed by atoms with van der Waals surface area (Å²) < 4.78 is 27.0. The Hall–Kier alpha value is -1.73. The number of nitrogens with zero attached hydrogens (tertiary/aromatic N) is 3. The molecule has 7 heteroatoms. The average Bonchev–Trinajstić information content (AvgIpc) is 2.78. The molecule has 1 aromatic carbocycles. The average molecular weight is 352 g/mol. The summed E-state index contributed by atoms with van der Waals surface area (Å²) in [5.74, 6) is 0. The third kappa shape index (κ3) is 1.94. The molecule has 0 fully saturated rings. The van der Waals surface area contributed by atoms with Crippen molar-refractivity contribution >= 4 is 37.0 Å². The van der Waals surface area contributed by atoms with E-state index in [1.807, 2.05) is 6.92 Å². The number of aryl methyl sites for hydroxylation is 1. The molecule has 2 aromatic heterocycles. The molecule has 0 aliphatic heterocycles. The Balaban J connectivity index is 2.36. The monoisotopic (exact) mass is 351 g/mol. The number of aromatic nitrogens is 3. The largest absolute Gasteiger partial charge is 0.270 e. The summed E-state index contributed by atoms with van der Waals surface area (Å²) in [4.78, 5) is 8.39. The van der Waals surface area contributed by atoms with E-state index in [-0.39, 0.29) is 4.90 Å². The van der Waals surface area contributed by atoms with E-state index in [1.165, 1.54) is 10.3 Å². The summed E-state index contributed by atoms with van der Waals surface area (Å²) in [7, 11) is -3.69. The first-order valence-corrected chi connectivity index (χ1v) is 8.04. The Kier molecular flexibility index (Phi) is 3.10. The molecule has 0 bridgehead atoms. The van der Waals surface area contributed by atoms with Crippen molar-refractivity contribution in [3.8, 4) is 0 Å². The van der Waals surface area contributed by atoms with Crippen LogP contribution in [0, 0.1) is 6.92 Å². The summed E-state index contributed by atoms with van der Waals surface area (Å²) in [6.45, 7) is 1.82. The molecular weight excluding hydrogens is 342 g/mol. The summed E-state index contributed by atoms with van der Waals surface area (Å²) in [6.07, 6.45) is 1.36. The lowest BCUT2D eigenvalue weighted by atomic mass is 10.3. The van der Waals surface area contributed by atoms with E-state index in [9.17, 15) is 8.42 Å². The van der Waals surface area contributed by atoms with Crippen LogP contribution in [0.1, 0.15) is 5.69 Å². The number of rotatable bonds is 2. The van der Waals surface area contributed by atoms with Crippen molar-refractivity contribution in [2.45, 2.75) is 11.8 Å². The highest BCUT2D eigenvalue weighted by molar-refractivity contribution is 9.10. The Labute approximate surface area is 124 Å². The maximum absolute atomic E-state index is 12.7. The highest BCUT2D eigenvalue weighted by atomic mass is 79.9. The molecule has 102 valence electrons. The molecule has 0 saturated carbocycles. The second-order valence-electron chi connectivity index (χ2n) is 4.25. The SMILES string of the molecule is Cc1ncnc2c1cc(Br)n2S(=O)(=O)c1ccccc1. The van der Waals surface area contributed by atoms with Gasteiger partial charge in [-0.2, -0.15) is 0 Å². The van der Waals surface area contributed by atoms with Crippen LogP contribution >= 0.6 is 15.9 Å². The minimum atomic E-state index is -3.69. The normalized spacial score (nSPS) is 11.9. The molecule has 5 nitrogen and oxygen atoms in total. The smallest absolute Gasteiger partial charge is 0.241 e. The van der Waals surface area contributed by atoms with E-state index >= 15 is 0 Å². The minimum absolute atomic E-state index is 0.217. The molecule has 3 aromatic rings.